The minimum absolute atomic E-state index is 0.0469. The zero-order chi connectivity index (χ0) is 25.9. The van der Waals surface area contributed by atoms with Crippen LogP contribution in [0.4, 0.5) is 0 Å². The van der Waals surface area contributed by atoms with E-state index >= 15 is 0 Å². The van der Waals surface area contributed by atoms with Crippen LogP contribution in [0.25, 0.3) is 11.1 Å². The Labute approximate surface area is 211 Å². The number of hydrogen-bond acceptors (Lipinski definition) is 8. The Morgan fingerprint density at radius 1 is 1.11 bits per heavy atom. The minimum Gasteiger partial charge on any atom is -0.497 e. The van der Waals surface area contributed by atoms with Crippen molar-refractivity contribution in [2.24, 2.45) is 0 Å². The second-order valence-corrected chi connectivity index (χ2v) is 9.47. The number of carbonyl (C=O) groups is 1. The molecule has 4 atom stereocenters. The van der Waals surface area contributed by atoms with E-state index in [0.29, 0.717) is 29.9 Å². The molecular formula is C28H34O8. The Kier molecular flexibility index (Phi) is 8.00. The molecule has 0 radical (unpaired) electrons. The summed E-state index contributed by atoms with van der Waals surface area (Å²) in [7, 11) is 3.07. The number of hydrogen-bond donors (Lipinski definition) is 1. The van der Waals surface area contributed by atoms with Crippen molar-refractivity contribution >= 4 is 5.97 Å². The molecular weight excluding hydrogens is 464 g/mol. The van der Waals surface area contributed by atoms with Gasteiger partial charge in [0.15, 0.2) is 12.6 Å². The third-order valence-electron chi connectivity index (χ3n) is 6.24. The van der Waals surface area contributed by atoms with Gasteiger partial charge in [-0.3, -0.25) is 0 Å². The predicted octanol–water partition coefficient (Wildman–Crippen LogP) is 4.27. The van der Waals surface area contributed by atoms with Gasteiger partial charge in [0.25, 0.3) is 0 Å². The van der Waals surface area contributed by atoms with Gasteiger partial charge in [-0.15, -0.1) is 0 Å². The van der Waals surface area contributed by atoms with Crippen LogP contribution in [0.15, 0.2) is 48.6 Å². The topological polar surface area (TPSA) is 92.7 Å². The molecule has 2 aliphatic heterocycles. The summed E-state index contributed by atoms with van der Waals surface area (Å²) < 4.78 is 34.5. The third-order valence-corrected chi connectivity index (χ3v) is 6.24. The highest BCUT2D eigenvalue weighted by Gasteiger charge is 2.44. The third kappa shape index (κ3) is 5.73. The maximum absolute atomic E-state index is 13.5. The van der Waals surface area contributed by atoms with E-state index in [1.165, 1.54) is 7.11 Å². The molecule has 1 unspecified atom stereocenters. The summed E-state index contributed by atoms with van der Waals surface area (Å²) in [6.45, 7) is 5.43. The fraction of sp³-hybridized carbons (Fsp3) is 0.464. The highest BCUT2D eigenvalue weighted by Crippen LogP contribution is 2.40. The molecule has 4 rings (SSSR count). The predicted molar refractivity (Wildman–Crippen MR) is 133 cm³/mol. The Bertz CT molecular complexity index is 1110. The van der Waals surface area contributed by atoms with Gasteiger partial charge < -0.3 is 33.5 Å². The number of rotatable bonds is 4. The van der Waals surface area contributed by atoms with E-state index in [4.69, 9.17) is 28.4 Å². The SMILES string of the molecule is COCOc1cc(OC)cc2c1C(=O)O[C@@H](C)C/C=C\C(O)[C@H]1OC(C)(C)O[C@@H]1Cc1ccccc1-2. The molecule has 36 heavy (non-hydrogen) atoms. The van der Waals surface area contributed by atoms with Crippen LogP contribution in [0.5, 0.6) is 11.5 Å². The van der Waals surface area contributed by atoms with Crippen molar-refractivity contribution in [2.75, 3.05) is 21.0 Å². The van der Waals surface area contributed by atoms with Gasteiger partial charge in [0, 0.05) is 31.6 Å². The lowest BCUT2D eigenvalue weighted by Gasteiger charge is -2.23. The van der Waals surface area contributed by atoms with Crippen molar-refractivity contribution in [3.63, 3.8) is 0 Å². The molecule has 0 spiro atoms. The first-order chi connectivity index (χ1) is 17.2. The smallest absolute Gasteiger partial charge is 0.342 e. The fourth-order valence-electron chi connectivity index (χ4n) is 4.66. The molecule has 0 aromatic heterocycles. The highest BCUT2D eigenvalue weighted by molar-refractivity contribution is 6.01. The van der Waals surface area contributed by atoms with Crippen LogP contribution >= 0.6 is 0 Å². The van der Waals surface area contributed by atoms with Crippen LogP contribution in [-0.2, 0) is 25.4 Å². The normalized spacial score (nSPS) is 26.6. The van der Waals surface area contributed by atoms with E-state index in [-0.39, 0.29) is 12.4 Å². The van der Waals surface area contributed by atoms with Gasteiger partial charge in [-0.1, -0.05) is 36.4 Å². The van der Waals surface area contributed by atoms with Crippen molar-refractivity contribution < 1.29 is 38.3 Å². The summed E-state index contributed by atoms with van der Waals surface area (Å²) in [5.41, 5.74) is 2.60. The summed E-state index contributed by atoms with van der Waals surface area (Å²) in [5, 5.41) is 10.9. The van der Waals surface area contributed by atoms with Crippen LogP contribution in [0.2, 0.25) is 0 Å². The van der Waals surface area contributed by atoms with Crippen molar-refractivity contribution in [3.8, 4) is 22.6 Å². The second-order valence-electron chi connectivity index (χ2n) is 9.47. The maximum Gasteiger partial charge on any atom is 0.342 e. The number of methoxy groups -OCH3 is 2. The molecule has 2 aliphatic rings. The van der Waals surface area contributed by atoms with Crippen LogP contribution < -0.4 is 9.47 Å². The van der Waals surface area contributed by atoms with Crippen LogP contribution in [0.1, 0.15) is 43.1 Å². The first-order valence-corrected chi connectivity index (χ1v) is 12.1. The van der Waals surface area contributed by atoms with Crippen LogP contribution in [0, 0.1) is 0 Å². The lowest BCUT2D eigenvalue weighted by molar-refractivity contribution is -0.152. The molecule has 1 fully saturated rings. The number of ether oxygens (including phenoxy) is 6. The van der Waals surface area contributed by atoms with E-state index in [1.54, 1.807) is 38.3 Å². The van der Waals surface area contributed by atoms with Crippen LogP contribution in [-0.4, -0.2) is 62.3 Å². The average Bonchev–Trinajstić information content (AvgIpc) is 3.15. The van der Waals surface area contributed by atoms with Crippen LogP contribution in [0.3, 0.4) is 0 Å². The fourth-order valence-corrected chi connectivity index (χ4v) is 4.66. The molecule has 2 aromatic rings. The van der Waals surface area contributed by atoms with E-state index in [1.807, 2.05) is 38.1 Å². The van der Waals surface area contributed by atoms with Gasteiger partial charge >= 0.3 is 5.97 Å². The quantitative estimate of drug-likeness (QED) is 0.380. The molecule has 0 saturated carbocycles. The number of benzene rings is 2. The molecule has 2 heterocycles. The molecule has 194 valence electrons. The zero-order valence-electron chi connectivity index (χ0n) is 21.4. The van der Waals surface area contributed by atoms with Crippen molar-refractivity contribution in [1.82, 2.24) is 0 Å². The summed E-state index contributed by atoms with van der Waals surface area (Å²) in [6, 6.07) is 11.2. The largest absolute Gasteiger partial charge is 0.497 e. The Morgan fingerprint density at radius 2 is 1.89 bits per heavy atom. The standard InChI is InChI=1S/C28H34O8/c1-17-9-8-12-22(29)26-24(35-28(2,3)36-26)13-18-10-6-7-11-20(18)21-14-19(32-5)15-23(33-16-31-4)25(21)27(30)34-17/h6-8,10-12,14-15,17,22,24,26,29H,9,13,16H2,1-5H3/b12-8-/t17-,22?,24+,26+/m0/s1. The zero-order valence-corrected chi connectivity index (χ0v) is 21.4. The number of aliphatic hydroxyl groups excluding tert-OH is 1. The van der Waals surface area contributed by atoms with Gasteiger partial charge in [-0.2, -0.15) is 0 Å². The minimum atomic E-state index is -0.879. The Hall–Kier alpha value is -2.91. The van der Waals surface area contributed by atoms with Gasteiger partial charge in [-0.25, -0.2) is 4.79 Å². The number of carbonyl (C=O) groups excluding carboxylic acids is 1. The summed E-state index contributed by atoms with van der Waals surface area (Å²) in [6.07, 6.45) is 2.05. The van der Waals surface area contributed by atoms with Crippen molar-refractivity contribution in [3.05, 3.63) is 59.7 Å². The van der Waals surface area contributed by atoms with Gasteiger partial charge in [-0.05, 0) is 38.0 Å². The van der Waals surface area contributed by atoms with Gasteiger partial charge in [0.05, 0.1) is 13.2 Å². The number of esters is 1. The van der Waals surface area contributed by atoms with Crippen molar-refractivity contribution in [1.29, 1.82) is 0 Å². The number of aliphatic hydroxyl groups is 1. The molecule has 1 saturated heterocycles. The Morgan fingerprint density at radius 3 is 2.64 bits per heavy atom. The molecule has 8 nitrogen and oxygen atoms in total. The molecule has 0 amide bonds. The van der Waals surface area contributed by atoms with E-state index < -0.39 is 36.2 Å². The molecule has 0 aliphatic carbocycles. The van der Waals surface area contributed by atoms with E-state index in [2.05, 4.69) is 0 Å². The van der Waals surface area contributed by atoms with E-state index in [9.17, 15) is 9.90 Å². The van der Waals surface area contributed by atoms with Gasteiger partial charge in [0.1, 0.15) is 35.4 Å². The summed E-state index contributed by atoms with van der Waals surface area (Å²) in [5.74, 6) is -0.543. The monoisotopic (exact) mass is 498 g/mol. The average molecular weight is 499 g/mol. The Balaban J connectivity index is 1.90. The van der Waals surface area contributed by atoms with Gasteiger partial charge in [0.2, 0.25) is 0 Å². The lowest BCUT2D eigenvalue weighted by atomic mass is 9.90. The first-order valence-electron chi connectivity index (χ1n) is 12.1. The van der Waals surface area contributed by atoms with Crippen molar-refractivity contribution in [2.45, 2.75) is 63.8 Å². The lowest BCUT2D eigenvalue weighted by Crippen LogP contribution is -2.35. The summed E-state index contributed by atoms with van der Waals surface area (Å²) in [4.78, 5) is 13.5. The maximum atomic E-state index is 13.5. The summed E-state index contributed by atoms with van der Waals surface area (Å²) >= 11 is 0. The first kappa shape index (κ1) is 26.2. The van der Waals surface area contributed by atoms with E-state index in [0.717, 1.165) is 11.1 Å². The molecule has 0 bridgehead atoms. The number of fused-ring (bicyclic) bond motifs is 4. The number of cyclic esters (lactones) is 1. The second kappa shape index (κ2) is 11.0. The molecule has 8 heteroatoms. The molecule has 2 aromatic carbocycles. The molecule has 1 N–H and O–H groups in total. The highest BCUT2D eigenvalue weighted by atomic mass is 16.8.